The maximum Gasteiger partial charge on any atom is 0.410 e. The van der Waals surface area contributed by atoms with Gasteiger partial charge in [-0.3, -0.25) is 9.69 Å². The predicted octanol–water partition coefficient (Wildman–Crippen LogP) is 2.53. The Labute approximate surface area is 142 Å². The molecule has 1 heterocycles. The van der Waals surface area contributed by atoms with Crippen molar-refractivity contribution in [2.75, 3.05) is 19.8 Å². The quantitative estimate of drug-likeness (QED) is 0.567. The van der Waals surface area contributed by atoms with Crippen LogP contribution in [0.2, 0.25) is 0 Å². The summed E-state index contributed by atoms with van der Waals surface area (Å²) in [6.45, 7) is 6.13. The Balaban J connectivity index is 1.92. The van der Waals surface area contributed by atoms with Crippen LogP contribution >= 0.6 is 0 Å². The minimum atomic E-state index is -0.430. The molecule has 1 aliphatic heterocycles. The van der Waals surface area contributed by atoms with Crippen LogP contribution in [-0.2, 0) is 25.6 Å². The van der Waals surface area contributed by atoms with Gasteiger partial charge in [-0.15, -0.1) is 6.58 Å². The summed E-state index contributed by atoms with van der Waals surface area (Å²) < 4.78 is 16.1. The number of carbonyl (C=O) groups excluding carboxylic acids is 2. The second-order valence-electron chi connectivity index (χ2n) is 5.63. The van der Waals surface area contributed by atoms with E-state index in [0.29, 0.717) is 19.6 Å². The number of likely N-dealkylation sites (tertiary alicyclic amines) is 1. The van der Waals surface area contributed by atoms with Gasteiger partial charge in [-0.2, -0.15) is 0 Å². The molecule has 1 aromatic rings. The molecule has 0 aliphatic carbocycles. The fourth-order valence-electron chi connectivity index (χ4n) is 2.60. The first-order valence-electron chi connectivity index (χ1n) is 7.93. The van der Waals surface area contributed by atoms with Gasteiger partial charge in [0.25, 0.3) is 0 Å². The van der Waals surface area contributed by atoms with Crippen LogP contribution in [-0.4, -0.2) is 48.9 Å². The van der Waals surface area contributed by atoms with Gasteiger partial charge in [0.15, 0.2) is 0 Å². The van der Waals surface area contributed by atoms with Crippen molar-refractivity contribution >= 4 is 12.1 Å². The molecule has 1 saturated heterocycles. The zero-order chi connectivity index (χ0) is 17.4. The summed E-state index contributed by atoms with van der Waals surface area (Å²) in [5, 5.41) is 0. The monoisotopic (exact) mass is 333 g/mol. The lowest BCUT2D eigenvalue weighted by Gasteiger charge is -2.23. The van der Waals surface area contributed by atoms with Crippen LogP contribution in [0.25, 0.3) is 0 Å². The molecule has 0 bridgehead atoms. The van der Waals surface area contributed by atoms with Crippen LogP contribution in [0.15, 0.2) is 43.0 Å². The molecule has 0 spiro atoms. The summed E-state index contributed by atoms with van der Waals surface area (Å²) >= 11 is 0. The Morgan fingerprint density at radius 2 is 2.04 bits per heavy atom. The predicted molar refractivity (Wildman–Crippen MR) is 88.3 cm³/mol. The molecule has 0 aromatic heterocycles. The molecular formula is C18H23NO5. The SMILES string of the molecule is C=CCOC1CC(COC(C)=O)N(C(=O)OCc2ccccc2)C1. The minimum Gasteiger partial charge on any atom is -0.464 e. The van der Waals surface area contributed by atoms with E-state index >= 15 is 0 Å². The average molecular weight is 333 g/mol. The lowest BCUT2D eigenvalue weighted by atomic mass is 10.2. The van der Waals surface area contributed by atoms with Crippen molar-refractivity contribution in [1.29, 1.82) is 0 Å². The zero-order valence-electron chi connectivity index (χ0n) is 13.8. The molecule has 1 aromatic carbocycles. The first-order valence-corrected chi connectivity index (χ1v) is 7.93. The van der Waals surface area contributed by atoms with Crippen molar-refractivity contribution in [3.63, 3.8) is 0 Å². The molecule has 130 valence electrons. The number of hydrogen-bond donors (Lipinski definition) is 0. The fraction of sp³-hybridized carbons (Fsp3) is 0.444. The van der Waals surface area contributed by atoms with Crippen molar-refractivity contribution in [2.24, 2.45) is 0 Å². The van der Waals surface area contributed by atoms with Gasteiger partial charge in [0.1, 0.15) is 13.2 Å². The highest BCUT2D eigenvalue weighted by atomic mass is 16.6. The molecule has 2 atom stereocenters. The molecule has 0 saturated carbocycles. The molecule has 6 nitrogen and oxygen atoms in total. The molecule has 6 heteroatoms. The van der Waals surface area contributed by atoms with Crippen LogP contribution in [0.5, 0.6) is 0 Å². The molecule has 2 unspecified atom stereocenters. The Bertz CT molecular complexity index is 560. The minimum absolute atomic E-state index is 0.118. The largest absolute Gasteiger partial charge is 0.464 e. The normalized spacial score (nSPS) is 19.8. The number of nitrogens with zero attached hydrogens (tertiary/aromatic N) is 1. The van der Waals surface area contributed by atoms with Crippen molar-refractivity contribution in [1.82, 2.24) is 4.90 Å². The van der Waals surface area contributed by atoms with E-state index in [1.807, 2.05) is 30.3 Å². The second-order valence-corrected chi connectivity index (χ2v) is 5.63. The highest BCUT2D eigenvalue weighted by Gasteiger charge is 2.37. The van der Waals surface area contributed by atoms with E-state index in [2.05, 4.69) is 6.58 Å². The van der Waals surface area contributed by atoms with Crippen LogP contribution in [0.1, 0.15) is 18.9 Å². The van der Waals surface area contributed by atoms with Crippen LogP contribution < -0.4 is 0 Å². The van der Waals surface area contributed by atoms with E-state index in [0.717, 1.165) is 5.56 Å². The summed E-state index contributed by atoms with van der Waals surface area (Å²) in [5.74, 6) is -0.372. The van der Waals surface area contributed by atoms with Crippen LogP contribution in [0.3, 0.4) is 0 Å². The van der Waals surface area contributed by atoms with E-state index in [9.17, 15) is 9.59 Å². The summed E-state index contributed by atoms with van der Waals surface area (Å²) in [6.07, 6.45) is 1.72. The smallest absolute Gasteiger partial charge is 0.410 e. The lowest BCUT2D eigenvalue weighted by molar-refractivity contribution is -0.142. The first-order chi connectivity index (χ1) is 11.6. The van der Waals surface area contributed by atoms with E-state index in [-0.39, 0.29) is 31.3 Å². The van der Waals surface area contributed by atoms with Crippen molar-refractivity contribution in [3.8, 4) is 0 Å². The second kappa shape index (κ2) is 9.08. The lowest BCUT2D eigenvalue weighted by Crippen LogP contribution is -2.39. The molecule has 24 heavy (non-hydrogen) atoms. The number of carbonyl (C=O) groups is 2. The third kappa shape index (κ3) is 5.38. The van der Waals surface area contributed by atoms with Gasteiger partial charge in [-0.25, -0.2) is 4.79 Å². The number of esters is 1. The number of benzene rings is 1. The van der Waals surface area contributed by atoms with Gasteiger partial charge < -0.3 is 14.2 Å². The highest BCUT2D eigenvalue weighted by Crippen LogP contribution is 2.22. The standard InChI is InChI=1S/C18H23NO5/c1-3-9-22-17-10-16(13-23-14(2)20)19(11-17)18(21)24-12-15-7-5-4-6-8-15/h3-8,16-17H,1,9-13H2,2H3. The number of rotatable bonds is 7. The number of hydrogen-bond acceptors (Lipinski definition) is 5. The molecule has 0 radical (unpaired) electrons. The Hall–Kier alpha value is -2.34. The number of amides is 1. The third-order valence-corrected chi connectivity index (χ3v) is 3.74. The van der Waals surface area contributed by atoms with E-state index in [4.69, 9.17) is 14.2 Å². The van der Waals surface area contributed by atoms with Crippen LogP contribution in [0, 0.1) is 0 Å². The van der Waals surface area contributed by atoms with E-state index in [1.54, 1.807) is 11.0 Å². The third-order valence-electron chi connectivity index (χ3n) is 3.74. The van der Waals surface area contributed by atoms with Gasteiger partial charge in [-0.1, -0.05) is 36.4 Å². The van der Waals surface area contributed by atoms with Crippen molar-refractivity contribution in [2.45, 2.75) is 32.1 Å². The first kappa shape index (κ1) is 18.0. The average Bonchev–Trinajstić information content (AvgIpc) is 3.00. The van der Waals surface area contributed by atoms with Gasteiger partial charge in [-0.05, 0) is 12.0 Å². The van der Waals surface area contributed by atoms with E-state index < -0.39 is 6.09 Å². The Morgan fingerprint density at radius 1 is 1.29 bits per heavy atom. The Kier molecular flexibility index (Phi) is 6.81. The highest BCUT2D eigenvalue weighted by molar-refractivity contribution is 5.69. The Morgan fingerprint density at radius 3 is 2.71 bits per heavy atom. The molecule has 1 amide bonds. The topological polar surface area (TPSA) is 65.1 Å². The van der Waals surface area contributed by atoms with Gasteiger partial charge in [0, 0.05) is 6.92 Å². The van der Waals surface area contributed by atoms with Gasteiger partial charge >= 0.3 is 12.1 Å². The molecule has 0 N–H and O–H groups in total. The maximum absolute atomic E-state index is 12.4. The summed E-state index contributed by atoms with van der Waals surface area (Å²) in [7, 11) is 0. The summed E-state index contributed by atoms with van der Waals surface area (Å²) in [5.41, 5.74) is 0.918. The summed E-state index contributed by atoms with van der Waals surface area (Å²) in [4.78, 5) is 25.0. The molecular weight excluding hydrogens is 310 g/mol. The maximum atomic E-state index is 12.4. The number of ether oxygens (including phenoxy) is 3. The van der Waals surface area contributed by atoms with E-state index in [1.165, 1.54) is 6.92 Å². The summed E-state index contributed by atoms with van der Waals surface area (Å²) in [6, 6.07) is 9.23. The van der Waals surface area contributed by atoms with Gasteiger partial charge in [0.2, 0.25) is 0 Å². The van der Waals surface area contributed by atoms with Crippen LogP contribution in [0.4, 0.5) is 4.79 Å². The van der Waals surface area contributed by atoms with Crippen molar-refractivity contribution < 1.29 is 23.8 Å². The van der Waals surface area contributed by atoms with Gasteiger partial charge in [0.05, 0.1) is 25.3 Å². The fourth-order valence-corrected chi connectivity index (χ4v) is 2.60. The van der Waals surface area contributed by atoms with Crippen molar-refractivity contribution in [3.05, 3.63) is 48.6 Å². The molecule has 1 aliphatic rings. The molecule has 2 rings (SSSR count). The molecule has 1 fully saturated rings. The zero-order valence-corrected chi connectivity index (χ0v) is 13.8.